The molecule has 4 rings (SSSR count). The van der Waals surface area contributed by atoms with Crippen molar-refractivity contribution in [3.8, 4) is 0 Å². The number of aliphatic hydroxyl groups excluding tert-OH is 1. The third-order valence-corrected chi connectivity index (χ3v) is 8.81. The second kappa shape index (κ2) is 18.7. The predicted octanol–water partition coefficient (Wildman–Crippen LogP) is 3.20. The molecule has 4 amide bonds. The van der Waals surface area contributed by atoms with Gasteiger partial charge in [-0.1, -0.05) is 105 Å². The van der Waals surface area contributed by atoms with Gasteiger partial charge in [-0.05, 0) is 47.1 Å². The Labute approximate surface area is 288 Å². The van der Waals surface area contributed by atoms with E-state index in [2.05, 4.69) is 21.3 Å². The van der Waals surface area contributed by atoms with Crippen LogP contribution in [-0.4, -0.2) is 73.2 Å². The molecule has 3 aromatic rings. The van der Waals surface area contributed by atoms with Crippen molar-refractivity contribution in [1.29, 1.82) is 0 Å². The number of rotatable bonds is 16. The van der Waals surface area contributed by atoms with E-state index >= 15 is 0 Å². The summed E-state index contributed by atoms with van der Waals surface area (Å²) in [5, 5.41) is 23.5. The molecule has 2 unspecified atom stereocenters. The Bertz CT molecular complexity index is 1580. The van der Waals surface area contributed by atoms with E-state index in [1.807, 2.05) is 67.6 Å². The van der Waals surface area contributed by atoms with Crippen LogP contribution in [0, 0.1) is 5.92 Å². The topological polar surface area (TPSA) is 163 Å². The lowest BCUT2D eigenvalue weighted by molar-refractivity contribution is -0.146. The van der Waals surface area contributed by atoms with Gasteiger partial charge in [-0.2, -0.15) is 0 Å². The van der Waals surface area contributed by atoms with Gasteiger partial charge in [-0.3, -0.25) is 24.0 Å². The molecule has 0 heterocycles. The van der Waals surface area contributed by atoms with E-state index in [1.165, 1.54) is 0 Å². The number of hydrogen-bond donors (Lipinski definition) is 5. The summed E-state index contributed by atoms with van der Waals surface area (Å²) in [5.74, 6) is -3.66. The predicted molar refractivity (Wildman–Crippen MR) is 186 cm³/mol. The normalized spacial score (nSPS) is 15.6. The molecule has 4 atom stereocenters. The Morgan fingerprint density at radius 1 is 0.816 bits per heavy atom. The molecule has 0 aliphatic heterocycles. The highest BCUT2D eigenvalue weighted by Gasteiger charge is 2.35. The molecule has 2 radical (unpaired) electrons. The molecular weight excluding hydrogens is 623 g/mol. The van der Waals surface area contributed by atoms with Crippen LogP contribution in [0.3, 0.4) is 0 Å². The van der Waals surface area contributed by atoms with Crippen molar-refractivity contribution in [3.05, 3.63) is 83.9 Å². The highest BCUT2D eigenvalue weighted by atomic mass is 16.5. The number of benzene rings is 3. The summed E-state index contributed by atoms with van der Waals surface area (Å²) < 4.78 is 5.19. The number of nitrogens with one attached hydrogen (secondary N) is 4. The average Bonchev–Trinajstić information content (AvgIpc) is 3.11. The SMILES string of the molecule is [B]C(=O)N[C@H](C(=O)N[C@@H](Cc1ccc2ccccc2c1)C(=O)NC(CCC)C(O)C(=O)NCC(=O)OCc1ccccc1)C1CCCCC1. The molecule has 49 heavy (non-hydrogen) atoms. The van der Waals surface area contributed by atoms with Crippen molar-refractivity contribution in [2.45, 2.75) is 89.1 Å². The molecule has 1 fully saturated rings. The number of fused-ring (bicyclic) bond motifs is 1. The Hall–Kier alpha value is -4.71. The van der Waals surface area contributed by atoms with Gasteiger partial charge in [0.15, 0.2) is 11.9 Å². The van der Waals surface area contributed by atoms with E-state index < -0.39 is 60.3 Å². The molecule has 1 aliphatic carbocycles. The van der Waals surface area contributed by atoms with Gasteiger partial charge in [-0.25, -0.2) is 0 Å². The summed E-state index contributed by atoms with van der Waals surface area (Å²) in [6, 6.07) is 19.5. The number of carbonyl (C=O) groups is 5. The first-order valence-electron chi connectivity index (χ1n) is 16.9. The van der Waals surface area contributed by atoms with Crippen LogP contribution in [0.15, 0.2) is 72.8 Å². The van der Waals surface area contributed by atoms with Crippen molar-refractivity contribution in [2.75, 3.05) is 6.54 Å². The van der Waals surface area contributed by atoms with Crippen LogP contribution in [0.4, 0.5) is 4.79 Å². The summed E-state index contributed by atoms with van der Waals surface area (Å²) in [6.45, 7) is 1.41. The van der Waals surface area contributed by atoms with Crippen LogP contribution < -0.4 is 21.3 Å². The number of hydrogen-bond acceptors (Lipinski definition) is 7. The number of carbonyl (C=O) groups excluding carboxylic acids is 5. The number of ether oxygens (including phenoxy) is 1. The second-order valence-corrected chi connectivity index (χ2v) is 12.5. The van der Waals surface area contributed by atoms with Crippen LogP contribution in [0.25, 0.3) is 10.8 Å². The molecule has 11 nitrogen and oxygen atoms in total. The minimum atomic E-state index is -1.69. The fourth-order valence-electron chi connectivity index (χ4n) is 6.23. The van der Waals surface area contributed by atoms with Crippen molar-refractivity contribution in [3.63, 3.8) is 0 Å². The van der Waals surface area contributed by atoms with E-state index in [0.717, 1.165) is 54.0 Å². The van der Waals surface area contributed by atoms with Crippen molar-refractivity contribution in [1.82, 2.24) is 21.3 Å². The van der Waals surface area contributed by atoms with Crippen molar-refractivity contribution < 1.29 is 33.8 Å². The molecule has 0 bridgehead atoms. The number of aliphatic hydroxyl groups is 1. The van der Waals surface area contributed by atoms with Gasteiger partial charge in [-0.15, -0.1) is 0 Å². The maximum Gasteiger partial charge on any atom is 0.325 e. The van der Waals surface area contributed by atoms with Crippen LogP contribution in [0.2, 0.25) is 0 Å². The van der Waals surface area contributed by atoms with Gasteiger partial charge in [0, 0.05) is 6.42 Å². The summed E-state index contributed by atoms with van der Waals surface area (Å²) in [7, 11) is 5.45. The highest BCUT2D eigenvalue weighted by Crippen LogP contribution is 2.27. The zero-order chi connectivity index (χ0) is 35.2. The van der Waals surface area contributed by atoms with E-state index in [9.17, 15) is 29.1 Å². The Kier molecular flexibility index (Phi) is 14.2. The fourth-order valence-corrected chi connectivity index (χ4v) is 6.23. The Balaban J connectivity index is 1.47. The van der Waals surface area contributed by atoms with Crippen molar-refractivity contribution in [2.24, 2.45) is 5.92 Å². The summed E-state index contributed by atoms with van der Waals surface area (Å²) in [4.78, 5) is 64.7. The molecule has 0 saturated heterocycles. The summed E-state index contributed by atoms with van der Waals surface area (Å²) in [6.07, 6.45) is 3.51. The molecule has 1 aliphatic rings. The molecule has 258 valence electrons. The standard InChI is InChI=1S/C37H45BN4O7/c1-2-11-29(33(44)36(47)39-22-31(43)49-23-24-12-5-3-6-13-24)40-34(45)30(21-25-18-19-26-14-9-10-17-28(26)20-25)41-35(46)32(42-37(38)48)27-15-7-4-8-16-27/h3,5-6,9-10,12-14,17-20,27,29-30,32-33,44H,2,4,7-8,11,15-16,21-23H2,1H3,(H,39,47)(H,40,45)(H,41,46)(H,42,48)/t29?,30-,32-,33?/m0/s1. The lowest BCUT2D eigenvalue weighted by Crippen LogP contribution is -2.59. The molecule has 0 aromatic heterocycles. The zero-order valence-electron chi connectivity index (χ0n) is 27.9. The summed E-state index contributed by atoms with van der Waals surface area (Å²) >= 11 is 0. The average molecular weight is 669 g/mol. The van der Waals surface area contributed by atoms with E-state index in [4.69, 9.17) is 12.6 Å². The largest absolute Gasteiger partial charge is 0.460 e. The molecule has 12 heteroatoms. The number of amides is 4. The molecular formula is C37H45BN4O7. The highest BCUT2D eigenvalue weighted by molar-refractivity contribution is 6.57. The number of esters is 1. The first kappa shape index (κ1) is 37.1. The smallest absolute Gasteiger partial charge is 0.325 e. The van der Waals surface area contributed by atoms with E-state index in [0.29, 0.717) is 6.42 Å². The zero-order valence-corrected chi connectivity index (χ0v) is 27.9. The minimum absolute atomic E-state index is 0.0352. The monoisotopic (exact) mass is 668 g/mol. The first-order chi connectivity index (χ1) is 23.6. The van der Waals surface area contributed by atoms with Gasteiger partial charge in [0.05, 0.1) is 6.04 Å². The Morgan fingerprint density at radius 2 is 1.51 bits per heavy atom. The maximum absolute atomic E-state index is 13.9. The lowest BCUT2D eigenvalue weighted by atomic mass is 9.83. The second-order valence-electron chi connectivity index (χ2n) is 12.5. The van der Waals surface area contributed by atoms with E-state index in [-0.39, 0.29) is 25.4 Å². The van der Waals surface area contributed by atoms with Crippen LogP contribution in [-0.2, 0) is 36.9 Å². The van der Waals surface area contributed by atoms with Gasteiger partial charge in [0.1, 0.15) is 25.2 Å². The van der Waals surface area contributed by atoms with Crippen LogP contribution in [0.1, 0.15) is 63.0 Å². The van der Waals surface area contributed by atoms with Crippen LogP contribution in [0.5, 0.6) is 0 Å². The summed E-state index contributed by atoms with van der Waals surface area (Å²) in [5.41, 5.74) is 1.56. The third kappa shape index (κ3) is 11.5. The van der Waals surface area contributed by atoms with Gasteiger partial charge in [0.2, 0.25) is 19.7 Å². The maximum atomic E-state index is 13.9. The third-order valence-electron chi connectivity index (χ3n) is 8.81. The Morgan fingerprint density at radius 3 is 2.20 bits per heavy atom. The first-order valence-corrected chi connectivity index (χ1v) is 16.9. The van der Waals surface area contributed by atoms with Gasteiger partial charge >= 0.3 is 5.97 Å². The molecule has 5 N–H and O–H groups in total. The fraction of sp³-hybridized carbons (Fsp3) is 0.432. The van der Waals surface area contributed by atoms with Crippen molar-refractivity contribution >= 4 is 48.1 Å². The molecule has 0 spiro atoms. The molecule has 1 saturated carbocycles. The lowest BCUT2D eigenvalue weighted by Gasteiger charge is -2.32. The van der Waals surface area contributed by atoms with Gasteiger partial charge in [0.25, 0.3) is 5.91 Å². The molecule has 3 aromatic carbocycles. The van der Waals surface area contributed by atoms with Crippen LogP contribution >= 0.6 is 0 Å². The van der Waals surface area contributed by atoms with Gasteiger partial charge < -0.3 is 31.1 Å². The van der Waals surface area contributed by atoms with E-state index in [1.54, 1.807) is 12.1 Å². The minimum Gasteiger partial charge on any atom is -0.460 e. The quantitative estimate of drug-likeness (QED) is 0.116.